The Labute approximate surface area is 98.2 Å². The van der Waals surface area contributed by atoms with Gasteiger partial charge in [0.05, 0.1) is 0 Å². The topological polar surface area (TPSA) is 93.9 Å². The molecule has 1 saturated heterocycles. The van der Waals surface area contributed by atoms with Gasteiger partial charge >= 0.3 is 5.69 Å². The van der Waals surface area contributed by atoms with Crippen molar-refractivity contribution < 1.29 is 0 Å². The molecule has 1 aromatic heterocycles. The summed E-state index contributed by atoms with van der Waals surface area (Å²) in [5.74, 6) is 0.168. The normalized spacial score (nSPS) is 16.9. The van der Waals surface area contributed by atoms with E-state index in [1.54, 1.807) is 0 Å². The lowest BCUT2D eigenvalue weighted by molar-refractivity contribution is 0.237. The number of nitrogens with zero attached hydrogens (tertiary/aromatic N) is 2. The van der Waals surface area contributed by atoms with Crippen molar-refractivity contribution in [1.29, 1.82) is 0 Å². The van der Waals surface area contributed by atoms with Crippen LogP contribution in [0.3, 0.4) is 0 Å². The number of piperidine rings is 1. The molecule has 0 bridgehead atoms. The second-order valence-electron chi connectivity index (χ2n) is 4.18. The van der Waals surface area contributed by atoms with Crippen LogP contribution in [0.1, 0.15) is 19.3 Å². The Morgan fingerprint density at radius 1 is 1.24 bits per heavy atom. The van der Waals surface area contributed by atoms with E-state index in [9.17, 15) is 9.59 Å². The Hall–Kier alpha value is -1.63. The van der Waals surface area contributed by atoms with Crippen molar-refractivity contribution in [3.05, 3.63) is 20.8 Å². The molecule has 0 atom stereocenters. The van der Waals surface area contributed by atoms with Gasteiger partial charge in [0.1, 0.15) is 0 Å². The lowest BCUT2D eigenvalue weighted by Crippen LogP contribution is -2.35. The lowest BCUT2D eigenvalue weighted by Gasteiger charge is -2.26. The highest BCUT2D eigenvalue weighted by atomic mass is 16.2. The number of aromatic nitrogens is 3. The third-order valence-electron chi connectivity index (χ3n) is 2.88. The quantitative estimate of drug-likeness (QED) is 0.649. The summed E-state index contributed by atoms with van der Waals surface area (Å²) in [6, 6.07) is 0. The summed E-state index contributed by atoms with van der Waals surface area (Å²) in [4.78, 5) is 26.5. The van der Waals surface area contributed by atoms with Crippen molar-refractivity contribution in [3.8, 4) is 0 Å². The zero-order chi connectivity index (χ0) is 12.1. The summed E-state index contributed by atoms with van der Waals surface area (Å²) >= 11 is 0. The number of H-pyrrole nitrogens is 2. The Morgan fingerprint density at radius 3 is 2.71 bits per heavy atom. The second-order valence-corrected chi connectivity index (χ2v) is 4.18. The first kappa shape index (κ1) is 11.8. The van der Waals surface area contributed by atoms with Crippen molar-refractivity contribution in [2.45, 2.75) is 19.3 Å². The van der Waals surface area contributed by atoms with E-state index < -0.39 is 11.2 Å². The highest BCUT2D eigenvalue weighted by Crippen LogP contribution is 2.07. The van der Waals surface area contributed by atoms with Crippen molar-refractivity contribution >= 4 is 5.82 Å². The SMILES string of the molecule is O=c1[nH]nc(NCCN2CCCCC2)c(=O)[nH]1. The molecule has 2 rings (SSSR count). The Kier molecular flexibility index (Phi) is 3.92. The highest BCUT2D eigenvalue weighted by molar-refractivity contribution is 5.28. The summed E-state index contributed by atoms with van der Waals surface area (Å²) < 4.78 is 0. The minimum Gasteiger partial charge on any atom is -0.363 e. The van der Waals surface area contributed by atoms with Crippen LogP contribution < -0.4 is 16.6 Å². The fraction of sp³-hybridized carbons (Fsp3) is 0.700. The van der Waals surface area contributed by atoms with E-state index in [-0.39, 0.29) is 5.82 Å². The van der Waals surface area contributed by atoms with Crippen LogP contribution in [0.2, 0.25) is 0 Å². The molecule has 3 N–H and O–H groups in total. The van der Waals surface area contributed by atoms with Gasteiger partial charge in [-0.1, -0.05) is 6.42 Å². The van der Waals surface area contributed by atoms with Crippen LogP contribution in [-0.2, 0) is 0 Å². The van der Waals surface area contributed by atoms with E-state index in [1.807, 2.05) is 0 Å². The number of hydrogen-bond donors (Lipinski definition) is 3. The van der Waals surface area contributed by atoms with Gasteiger partial charge in [-0.15, -0.1) is 5.10 Å². The first-order valence-corrected chi connectivity index (χ1v) is 5.91. The van der Waals surface area contributed by atoms with Gasteiger partial charge < -0.3 is 10.2 Å². The van der Waals surface area contributed by atoms with Crippen molar-refractivity contribution in [2.75, 3.05) is 31.5 Å². The first-order chi connectivity index (χ1) is 8.25. The number of aromatic amines is 2. The van der Waals surface area contributed by atoms with Gasteiger partial charge in [0.15, 0.2) is 0 Å². The zero-order valence-corrected chi connectivity index (χ0v) is 9.66. The minimum atomic E-state index is -0.586. The summed E-state index contributed by atoms with van der Waals surface area (Å²) in [5.41, 5.74) is -1.07. The zero-order valence-electron chi connectivity index (χ0n) is 9.66. The van der Waals surface area contributed by atoms with Crippen LogP contribution in [0.5, 0.6) is 0 Å². The third kappa shape index (κ3) is 3.42. The fourth-order valence-corrected chi connectivity index (χ4v) is 1.98. The lowest BCUT2D eigenvalue weighted by atomic mass is 10.1. The van der Waals surface area contributed by atoms with Crippen molar-refractivity contribution in [1.82, 2.24) is 20.1 Å². The van der Waals surface area contributed by atoms with E-state index in [1.165, 1.54) is 19.3 Å². The van der Waals surface area contributed by atoms with Crippen LogP contribution >= 0.6 is 0 Å². The number of likely N-dealkylation sites (tertiary alicyclic amines) is 1. The Morgan fingerprint density at radius 2 is 2.00 bits per heavy atom. The molecule has 0 unspecified atom stereocenters. The van der Waals surface area contributed by atoms with Gasteiger partial charge in [-0.25, -0.2) is 9.89 Å². The summed E-state index contributed by atoms with van der Waals surface area (Å²) in [6.45, 7) is 3.79. The van der Waals surface area contributed by atoms with E-state index in [0.717, 1.165) is 19.6 Å². The van der Waals surface area contributed by atoms with Crippen LogP contribution in [0, 0.1) is 0 Å². The predicted octanol–water partition coefficient (Wildman–Crippen LogP) is -0.644. The standard InChI is InChI=1S/C10H17N5O2/c16-9-8(13-14-10(17)12-9)11-4-7-15-5-2-1-3-6-15/h1-7H2,(H,11,13)(H2,12,14,16,17). The maximum absolute atomic E-state index is 11.3. The van der Waals surface area contributed by atoms with Crippen LogP contribution in [0.4, 0.5) is 5.82 Å². The Balaban J connectivity index is 1.81. The number of hydrogen-bond acceptors (Lipinski definition) is 5. The number of rotatable bonds is 4. The highest BCUT2D eigenvalue weighted by Gasteiger charge is 2.09. The molecule has 1 aliphatic rings. The molecule has 1 fully saturated rings. The third-order valence-corrected chi connectivity index (χ3v) is 2.88. The van der Waals surface area contributed by atoms with Gasteiger partial charge in [-0.05, 0) is 25.9 Å². The minimum absolute atomic E-state index is 0.168. The van der Waals surface area contributed by atoms with E-state index >= 15 is 0 Å². The van der Waals surface area contributed by atoms with Gasteiger partial charge in [0.2, 0.25) is 5.82 Å². The van der Waals surface area contributed by atoms with Crippen LogP contribution in [-0.4, -0.2) is 46.3 Å². The van der Waals surface area contributed by atoms with Gasteiger partial charge in [0, 0.05) is 13.1 Å². The van der Waals surface area contributed by atoms with Gasteiger partial charge in [-0.3, -0.25) is 9.78 Å². The summed E-state index contributed by atoms with van der Waals surface area (Å²) in [6.07, 6.45) is 3.81. The fourth-order valence-electron chi connectivity index (χ4n) is 1.98. The predicted molar refractivity (Wildman–Crippen MR) is 64.3 cm³/mol. The van der Waals surface area contributed by atoms with Crippen molar-refractivity contribution in [2.24, 2.45) is 0 Å². The average Bonchev–Trinajstić information content (AvgIpc) is 2.33. The molecule has 1 aliphatic heterocycles. The maximum Gasteiger partial charge on any atom is 0.342 e. The second kappa shape index (κ2) is 5.62. The molecule has 0 radical (unpaired) electrons. The molecule has 0 amide bonds. The summed E-state index contributed by atoms with van der Waals surface area (Å²) in [5, 5.41) is 8.76. The molecule has 0 spiro atoms. The smallest absolute Gasteiger partial charge is 0.342 e. The molecular weight excluding hydrogens is 222 g/mol. The van der Waals surface area contributed by atoms with E-state index in [2.05, 4.69) is 25.4 Å². The first-order valence-electron chi connectivity index (χ1n) is 5.91. The molecule has 17 heavy (non-hydrogen) atoms. The van der Waals surface area contributed by atoms with E-state index in [4.69, 9.17) is 0 Å². The molecule has 0 aromatic carbocycles. The van der Waals surface area contributed by atoms with E-state index in [0.29, 0.717) is 6.54 Å². The van der Waals surface area contributed by atoms with Gasteiger partial charge in [-0.2, -0.15) is 0 Å². The molecule has 0 aliphatic carbocycles. The molecule has 7 nitrogen and oxygen atoms in total. The molecule has 7 heteroatoms. The molecule has 1 aromatic rings. The largest absolute Gasteiger partial charge is 0.363 e. The van der Waals surface area contributed by atoms with Crippen LogP contribution in [0.25, 0.3) is 0 Å². The molecule has 94 valence electrons. The average molecular weight is 239 g/mol. The summed E-state index contributed by atoms with van der Waals surface area (Å²) in [7, 11) is 0. The molecule has 0 saturated carbocycles. The number of nitrogens with one attached hydrogen (secondary N) is 3. The van der Waals surface area contributed by atoms with Crippen molar-refractivity contribution in [3.63, 3.8) is 0 Å². The Bertz CT molecular complexity index is 460. The van der Waals surface area contributed by atoms with Crippen LogP contribution in [0.15, 0.2) is 9.59 Å². The molecular formula is C10H17N5O2. The maximum atomic E-state index is 11.3. The monoisotopic (exact) mass is 239 g/mol. The number of anilines is 1. The molecule has 2 heterocycles. The van der Waals surface area contributed by atoms with Gasteiger partial charge in [0.25, 0.3) is 5.56 Å².